The van der Waals surface area contributed by atoms with Crippen molar-refractivity contribution in [2.45, 2.75) is 31.3 Å². The molecule has 1 aromatic heterocycles. The Bertz CT molecular complexity index is 753. The highest BCUT2D eigenvalue weighted by Crippen LogP contribution is 2.33. The van der Waals surface area contributed by atoms with E-state index in [1.54, 1.807) is 13.8 Å². The van der Waals surface area contributed by atoms with E-state index < -0.39 is 12.1 Å². The molecule has 0 amide bonds. The Morgan fingerprint density at radius 2 is 2.30 bits per heavy atom. The van der Waals surface area contributed by atoms with Crippen LogP contribution in [0.1, 0.15) is 42.3 Å². The molecule has 2 aromatic rings. The van der Waals surface area contributed by atoms with E-state index in [1.165, 1.54) is 18.0 Å². The summed E-state index contributed by atoms with van der Waals surface area (Å²) in [6.07, 6.45) is 1.28. The number of fused-ring (bicyclic) bond motifs is 1. The van der Waals surface area contributed by atoms with E-state index in [9.17, 15) is 9.90 Å². The fourth-order valence-electron chi connectivity index (χ4n) is 2.15. The smallest absolute Gasteiger partial charge is 0.340 e. The molecule has 0 aliphatic carbocycles. The van der Waals surface area contributed by atoms with Crippen molar-refractivity contribution in [1.82, 2.24) is 4.98 Å². The maximum Gasteiger partial charge on any atom is 0.340 e. The number of rotatable bonds is 6. The van der Waals surface area contributed by atoms with Crippen LogP contribution in [0.4, 0.5) is 0 Å². The largest absolute Gasteiger partial charge is 0.462 e. The summed E-state index contributed by atoms with van der Waals surface area (Å²) in [4.78, 5) is 17.2. The van der Waals surface area contributed by atoms with Crippen LogP contribution >= 0.6 is 11.8 Å². The summed E-state index contributed by atoms with van der Waals surface area (Å²) in [5, 5.41) is 19.3. The minimum absolute atomic E-state index is 0.285. The number of carbonyl (C=O) groups is 1. The first-order valence-corrected chi connectivity index (χ1v) is 8.34. The zero-order valence-electron chi connectivity index (χ0n) is 13.1. The van der Waals surface area contributed by atoms with Crippen molar-refractivity contribution in [3.63, 3.8) is 0 Å². The lowest BCUT2D eigenvalue weighted by molar-refractivity contribution is 0.0522. The number of thioether (sulfide) groups is 1. The lowest BCUT2D eigenvalue weighted by atomic mass is 10.1. The second-order valence-electron chi connectivity index (χ2n) is 4.93. The van der Waals surface area contributed by atoms with Crippen LogP contribution in [-0.4, -0.2) is 28.4 Å². The molecular weight excluding hydrogens is 312 g/mol. The van der Waals surface area contributed by atoms with E-state index in [2.05, 4.69) is 11.1 Å². The van der Waals surface area contributed by atoms with Crippen molar-refractivity contribution >= 4 is 28.6 Å². The number of nitrogens with zero attached hydrogens (tertiary/aromatic N) is 2. The fourth-order valence-corrected chi connectivity index (χ4v) is 3.16. The van der Waals surface area contributed by atoms with Crippen molar-refractivity contribution in [1.29, 1.82) is 5.26 Å². The van der Waals surface area contributed by atoms with Gasteiger partial charge in [0.25, 0.3) is 0 Å². The van der Waals surface area contributed by atoms with Gasteiger partial charge >= 0.3 is 5.97 Å². The number of carbonyl (C=O) groups excluding carboxylic acids is 1. The number of ether oxygens (including phenoxy) is 1. The molecule has 2 rings (SSSR count). The standard InChI is InChI=1S/C17H18N2O3S/c1-3-22-17(21)14-10-19-15-6-5-12(11(2)20)9-13(15)16(14)23-8-4-7-18/h5-6,9-11,20H,3-4,8H2,1-2H3. The Labute approximate surface area is 139 Å². The predicted molar refractivity (Wildman–Crippen MR) is 89.3 cm³/mol. The molecule has 120 valence electrons. The van der Waals surface area contributed by atoms with Crippen LogP contribution in [0.2, 0.25) is 0 Å². The van der Waals surface area contributed by atoms with Crippen LogP contribution in [0.3, 0.4) is 0 Å². The first-order valence-electron chi connectivity index (χ1n) is 7.36. The van der Waals surface area contributed by atoms with Crippen LogP contribution < -0.4 is 0 Å². The molecule has 1 atom stereocenters. The minimum atomic E-state index is -0.609. The van der Waals surface area contributed by atoms with Gasteiger partial charge in [0, 0.05) is 28.7 Å². The highest BCUT2D eigenvalue weighted by Gasteiger charge is 2.17. The van der Waals surface area contributed by atoms with E-state index in [1.807, 2.05) is 18.2 Å². The van der Waals surface area contributed by atoms with Gasteiger partial charge in [-0.15, -0.1) is 11.8 Å². The SMILES string of the molecule is CCOC(=O)c1cnc2ccc(C(C)O)cc2c1SCCC#N. The number of hydrogen-bond acceptors (Lipinski definition) is 6. The third-order valence-electron chi connectivity index (χ3n) is 3.28. The zero-order valence-corrected chi connectivity index (χ0v) is 13.9. The van der Waals surface area contributed by atoms with Gasteiger partial charge in [-0.3, -0.25) is 4.98 Å². The summed E-state index contributed by atoms with van der Waals surface area (Å²) in [6.45, 7) is 3.72. The summed E-state index contributed by atoms with van der Waals surface area (Å²) in [5.74, 6) is 0.143. The van der Waals surface area contributed by atoms with Gasteiger partial charge < -0.3 is 9.84 Å². The molecule has 1 heterocycles. The number of aromatic nitrogens is 1. The van der Waals surface area contributed by atoms with Crippen molar-refractivity contribution in [3.8, 4) is 6.07 Å². The molecule has 0 radical (unpaired) electrons. The molecule has 0 saturated carbocycles. The molecule has 0 aliphatic heterocycles. The molecule has 5 nitrogen and oxygen atoms in total. The Hall–Kier alpha value is -2.10. The molecule has 0 aliphatic rings. The maximum absolute atomic E-state index is 12.2. The average molecular weight is 330 g/mol. The number of nitriles is 1. The highest BCUT2D eigenvalue weighted by atomic mass is 32.2. The number of aliphatic hydroxyl groups is 1. The molecule has 6 heteroatoms. The molecule has 0 saturated heterocycles. The zero-order chi connectivity index (χ0) is 16.8. The topological polar surface area (TPSA) is 83.2 Å². The number of pyridine rings is 1. The molecule has 0 spiro atoms. The minimum Gasteiger partial charge on any atom is -0.462 e. The molecular formula is C17H18N2O3S. The first kappa shape index (κ1) is 17.3. The van der Waals surface area contributed by atoms with Gasteiger partial charge in [0.1, 0.15) is 0 Å². The molecule has 23 heavy (non-hydrogen) atoms. The maximum atomic E-state index is 12.2. The van der Waals surface area contributed by atoms with E-state index in [-0.39, 0.29) is 6.61 Å². The van der Waals surface area contributed by atoms with Crippen LogP contribution in [-0.2, 0) is 4.74 Å². The summed E-state index contributed by atoms with van der Waals surface area (Å²) in [7, 11) is 0. The summed E-state index contributed by atoms with van der Waals surface area (Å²) < 4.78 is 5.09. The number of esters is 1. The van der Waals surface area contributed by atoms with E-state index >= 15 is 0 Å². The van der Waals surface area contributed by atoms with Crippen molar-refractivity contribution in [3.05, 3.63) is 35.5 Å². The van der Waals surface area contributed by atoms with E-state index in [0.717, 1.165) is 21.4 Å². The Kier molecular flexibility index (Phi) is 5.97. The van der Waals surface area contributed by atoms with Crippen LogP contribution in [0.25, 0.3) is 10.9 Å². The monoisotopic (exact) mass is 330 g/mol. The van der Waals surface area contributed by atoms with Crippen LogP contribution in [0.15, 0.2) is 29.3 Å². The first-order chi connectivity index (χ1) is 11.1. The van der Waals surface area contributed by atoms with E-state index in [4.69, 9.17) is 10.00 Å². The molecule has 1 N–H and O–H groups in total. The Morgan fingerprint density at radius 3 is 2.96 bits per heavy atom. The molecule has 0 fully saturated rings. The number of aliphatic hydroxyl groups excluding tert-OH is 1. The van der Waals surface area contributed by atoms with Gasteiger partial charge in [-0.25, -0.2) is 4.79 Å². The second-order valence-corrected chi connectivity index (χ2v) is 6.04. The highest BCUT2D eigenvalue weighted by molar-refractivity contribution is 7.99. The third kappa shape index (κ3) is 4.01. The summed E-state index contributed by atoms with van der Waals surface area (Å²) in [5.41, 5.74) is 1.88. The Balaban J connectivity index is 2.58. The van der Waals surface area contributed by atoms with Crippen LogP contribution in [0, 0.1) is 11.3 Å². The van der Waals surface area contributed by atoms with Gasteiger partial charge in [0.2, 0.25) is 0 Å². The van der Waals surface area contributed by atoms with Crippen molar-refractivity contribution in [2.24, 2.45) is 0 Å². The van der Waals surface area contributed by atoms with Crippen molar-refractivity contribution in [2.75, 3.05) is 12.4 Å². The van der Waals surface area contributed by atoms with Crippen molar-refractivity contribution < 1.29 is 14.6 Å². The lowest BCUT2D eigenvalue weighted by Crippen LogP contribution is -2.07. The van der Waals surface area contributed by atoms with Gasteiger partial charge in [-0.1, -0.05) is 6.07 Å². The average Bonchev–Trinajstić information content (AvgIpc) is 2.54. The normalized spacial score (nSPS) is 11.9. The van der Waals surface area contributed by atoms with Crippen LogP contribution in [0.5, 0.6) is 0 Å². The van der Waals surface area contributed by atoms with Gasteiger partial charge in [0.15, 0.2) is 0 Å². The number of hydrogen-bond donors (Lipinski definition) is 1. The lowest BCUT2D eigenvalue weighted by Gasteiger charge is -2.13. The quantitative estimate of drug-likeness (QED) is 0.496. The Morgan fingerprint density at radius 1 is 1.52 bits per heavy atom. The second kappa shape index (κ2) is 7.95. The fraction of sp³-hybridized carbons (Fsp3) is 0.353. The van der Waals surface area contributed by atoms with Gasteiger partial charge in [-0.05, 0) is 31.5 Å². The van der Waals surface area contributed by atoms with E-state index in [0.29, 0.717) is 17.7 Å². The third-order valence-corrected chi connectivity index (χ3v) is 4.42. The van der Waals surface area contributed by atoms with Gasteiger partial charge in [-0.2, -0.15) is 5.26 Å². The summed E-state index contributed by atoms with van der Waals surface area (Å²) >= 11 is 1.43. The predicted octanol–water partition coefficient (Wildman–Crippen LogP) is 3.47. The molecule has 1 unspecified atom stereocenters. The molecule has 1 aromatic carbocycles. The summed E-state index contributed by atoms with van der Waals surface area (Å²) in [6, 6.07) is 7.57. The van der Waals surface area contributed by atoms with Gasteiger partial charge in [0.05, 0.1) is 29.9 Å². The number of benzene rings is 1. The molecule has 0 bridgehead atoms.